The molecule has 16 heavy (non-hydrogen) atoms. The van der Waals surface area contributed by atoms with Crippen LogP contribution in [-0.4, -0.2) is 16.5 Å². The normalized spacial score (nSPS) is 12.6. The van der Waals surface area contributed by atoms with Gasteiger partial charge in [-0.05, 0) is 12.0 Å². The van der Waals surface area contributed by atoms with E-state index in [2.05, 4.69) is 33.4 Å². The van der Waals surface area contributed by atoms with Gasteiger partial charge in [0, 0.05) is 17.4 Å². The van der Waals surface area contributed by atoms with E-state index in [4.69, 9.17) is 10.8 Å². The highest BCUT2D eigenvalue weighted by atomic mass is 32.1. The molecule has 0 amide bonds. The van der Waals surface area contributed by atoms with E-state index >= 15 is 0 Å². The molecule has 0 heterocycles. The maximum absolute atomic E-state index is 8.62. The van der Waals surface area contributed by atoms with Gasteiger partial charge in [-0.15, -0.1) is 0 Å². The summed E-state index contributed by atoms with van der Waals surface area (Å²) in [6, 6.07) is 9.77. The van der Waals surface area contributed by atoms with Crippen LogP contribution in [0.15, 0.2) is 30.3 Å². The third kappa shape index (κ3) is 10.0. The molecule has 0 saturated carbocycles. The van der Waals surface area contributed by atoms with Crippen LogP contribution in [0.2, 0.25) is 0 Å². The molecule has 3 heteroatoms. The summed E-state index contributed by atoms with van der Waals surface area (Å²) in [5.41, 5.74) is 6.83. The Labute approximate surface area is 104 Å². The molecule has 0 saturated heterocycles. The molecule has 1 unspecified atom stereocenters. The summed E-state index contributed by atoms with van der Waals surface area (Å²) in [6.45, 7) is 6.30. The van der Waals surface area contributed by atoms with Crippen molar-refractivity contribution in [3.63, 3.8) is 0 Å². The Morgan fingerprint density at radius 2 is 1.69 bits per heavy atom. The van der Waals surface area contributed by atoms with Gasteiger partial charge in [-0.3, -0.25) is 0 Å². The van der Waals surface area contributed by atoms with Crippen molar-refractivity contribution in [1.82, 2.24) is 0 Å². The molecule has 1 rings (SSSR count). The fourth-order valence-electron chi connectivity index (χ4n) is 1.01. The van der Waals surface area contributed by atoms with Gasteiger partial charge in [0.05, 0.1) is 0 Å². The van der Waals surface area contributed by atoms with Crippen LogP contribution in [0.1, 0.15) is 38.8 Å². The van der Waals surface area contributed by atoms with Crippen molar-refractivity contribution in [1.29, 1.82) is 0 Å². The molecule has 1 aromatic rings. The summed E-state index contributed by atoms with van der Waals surface area (Å²) in [5.74, 6) is 0. The lowest BCUT2D eigenvalue weighted by Gasteiger charge is -2.08. The summed E-state index contributed by atoms with van der Waals surface area (Å²) >= 11 is 4.12. The lowest BCUT2D eigenvalue weighted by molar-refractivity contribution is 0.276. The zero-order valence-electron chi connectivity index (χ0n) is 10.4. The molecule has 0 aliphatic rings. The molecule has 1 aromatic carbocycles. The fraction of sp³-hybridized carbons (Fsp3) is 0.538. The lowest BCUT2D eigenvalue weighted by atomic mass is 10.1. The van der Waals surface area contributed by atoms with E-state index in [9.17, 15) is 0 Å². The maximum atomic E-state index is 8.62. The smallest absolute Gasteiger partial charge is 0.0449 e. The van der Waals surface area contributed by atoms with Gasteiger partial charge in [-0.2, -0.15) is 12.6 Å². The summed E-state index contributed by atoms with van der Waals surface area (Å²) in [5, 5.41) is 8.62. The van der Waals surface area contributed by atoms with Crippen LogP contribution in [0.3, 0.4) is 0 Å². The van der Waals surface area contributed by atoms with Gasteiger partial charge in [0.15, 0.2) is 0 Å². The number of aliphatic hydroxyl groups excluding tert-OH is 1. The number of hydrogen-bond donors (Lipinski definition) is 3. The highest BCUT2D eigenvalue weighted by molar-refractivity contribution is 7.81. The van der Waals surface area contributed by atoms with Crippen molar-refractivity contribution in [2.75, 3.05) is 6.61 Å². The largest absolute Gasteiger partial charge is 0.396 e. The second kappa shape index (κ2) is 7.71. The van der Waals surface area contributed by atoms with Crippen LogP contribution in [0.25, 0.3) is 0 Å². The highest BCUT2D eigenvalue weighted by Gasteiger charge is 2.02. The molecule has 0 spiro atoms. The van der Waals surface area contributed by atoms with Gasteiger partial charge in [0.1, 0.15) is 0 Å². The molecule has 92 valence electrons. The van der Waals surface area contributed by atoms with Crippen LogP contribution < -0.4 is 5.73 Å². The van der Waals surface area contributed by atoms with Crippen molar-refractivity contribution >= 4 is 12.6 Å². The second-order valence-electron chi connectivity index (χ2n) is 4.70. The molecular weight excluding hydrogens is 218 g/mol. The van der Waals surface area contributed by atoms with Crippen LogP contribution in [0.5, 0.6) is 0 Å². The van der Waals surface area contributed by atoms with Gasteiger partial charge in [-0.1, -0.05) is 51.1 Å². The predicted molar refractivity (Wildman–Crippen MR) is 73.8 cm³/mol. The molecule has 0 bridgehead atoms. The number of benzene rings is 1. The Bertz CT molecular complexity index is 263. The number of rotatable bonds is 3. The SMILES string of the molecule is CC(C)(C)S.NC(CCO)c1ccccc1. The highest BCUT2D eigenvalue weighted by Crippen LogP contribution is 2.11. The van der Waals surface area contributed by atoms with Crippen molar-refractivity contribution in [2.24, 2.45) is 5.73 Å². The molecule has 0 aliphatic heterocycles. The zero-order valence-corrected chi connectivity index (χ0v) is 11.2. The summed E-state index contributed by atoms with van der Waals surface area (Å²) in [7, 11) is 0. The van der Waals surface area contributed by atoms with E-state index in [0.717, 1.165) is 5.56 Å². The van der Waals surface area contributed by atoms with E-state index in [1.807, 2.05) is 30.3 Å². The Morgan fingerprint density at radius 3 is 2.06 bits per heavy atom. The minimum absolute atomic E-state index is 0.0267. The van der Waals surface area contributed by atoms with Crippen molar-refractivity contribution < 1.29 is 5.11 Å². The first-order valence-electron chi connectivity index (χ1n) is 5.48. The topological polar surface area (TPSA) is 46.2 Å². The van der Waals surface area contributed by atoms with E-state index in [0.29, 0.717) is 6.42 Å². The average molecular weight is 241 g/mol. The quantitative estimate of drug-likeness (QED) is 0.713. The van der Waals surface area contributed by atoms with Crippen molar-refractivity contribution in [3.05, 3.63) is 35.9 Å². The number of aliphatic hydroxyl groups is 1. The first-order valence-corrected chi connectivity index (χ1v) is 5.93. The van der Waals surface area contributed by atoms with Gasteiger partial charge in [0.2, 0.25) is 0 Å². The molecule has 3 N–H and O–H groups in total. The molecule has 1 atom stereocenters. The standard InChI is InChI=1S/C9H13NO.C4H10S/c10-9(6-7-11)8-4-2-1-3-5-8;1-4(2,3)5/h1-5,9,11H,6-7,10H2;5H,1-3H3. The minimum Gasteiger partial charge on any atom is -0.396 e. The van der Waals surface area contributed by atoms with Crippen LogP contribution >= 0.6 is 12.6 Å². The summed E-state index contributed by atoms with van der Waals surface area (Å²) in [6.07, 6.45) is 0.629. The molecule has 0 aromatic heterocycles. The average Bonchev–Trinajstić information content (AvgIpc) is 2.17. The monoisotopic (exact) mass is 241 g/mol. The molecule has 0 fully saturated rings. The molecule has 0 aliphatic carbocycles. The fourth-order valence-corrected chi connectivity index (χ4v) is 1.01. The lowest BCUT2D eigenvalue weighted by Crippen LogP contribution is -2.11. The minimum atomic E-state index is -0.0267. The Morgan fingerprint density at radius 1 is 1.25 bits per heavy atom. The number of thiol groups is 1. The van der Waals surface area contributed by atoms with Crippen molar-refractivity contribution in [2.45, 2.75) is 38.0 Å². The Balaban J connectivity index is 0.000000385. The van der Waals surface area contributed by atoms with E-state index in [1.165, 1.54) is 0 Å². The van der Waals surface area contributed by atoms with E-state index in [-0.39, 0.29) is 17.4 Å². The Hall–Kier alpha value is -0.510. The maximum Gasteiger partial charge on any atom is 0.0449 e. The van der Waals surface area contributed by atoms with Gasteiger partial charge < -0.3 is 10.8 Å². The Kier molecular flexibility index (Phi) is 7.47. The third-order valence-electron chi connectivity index (χ3n) is 1.67. The summed E-state index contributed by atoms with van der Waals surface area (Å²) in [4.78, 5) is 0. The van der Waals surface area contributed by atoms with Gasteiger partial charge in [-0.25, -0.2) is 0 Å². The summed E-state index contributed by atoms with van der Waals surface area (Å²) < 4.78 is 0.194. The first kappa shape index (κ1) is 15.5. The van der Waals surface area contributed by atoms with Crippen LogP contribution in [0.4, 0.5) is 0 Å². The van der Waals surface area contributed by atoms with Crippen LogP contribution in [-0.2, 0) is 0 Å². The zero-order chi connectivity index (χ0) is 12.6. The molecular formula is C13H23NOS. The number of hydrogen-bond acceptors (Lipinski definition) is 3. The van der Waals surface area contributed by atoms with E-state index in [1.54, 1.807) is 0 Å². The second-order valence-corrected chi connectivity index (χ2v) is 6.04. The number of nitrogens with two attached hydrogens (primary N) is 1. The van der Waals surface area contributed by atoms with Crippen LogP contribution in [0, 0.1) is 0 Å². The third-order valence-corrected chi connectivity index (χ3v) is 1.67. The van der Waals surface area contributed by atoms with Gasteiger partial charge in [0.25, 0.3) is 0 Å². The molecule has 2 nitrogen and oxygen atoms in total. The first-order chi connectivity index (χ1) is 7.34. The molecule has 0 radical (unpaired) electrons. The van der Waals surface area contributed by atoms with Crippen molar-refractivity contribution in [3.8, 4) is 0 Å². The van der Waals surface area contributed by atoms with Gasteiger partial charge >= 0.3 is 0 Å². The predicted octanol–water partition coefficient (Wildman–Crippen LogP) is 2.78. The van der Waals surface area contributed by atoms with E-state index < -0.39 is 0 Å².